The molecule has 1 N–H and O–H groups in total. The number of rotatable bonds is 3. The number of hydrogen-bond acceptors (Lipinski definition) is 3. The zero-order valence-electron chi connectivity index (χ0n) is 10.4. The first kappa shape index (κ1) is 14.4. The lowest BCUT2D eigenvalue weighted by atomic mass is 10.1. The molecule has 1 heterocycles. The van der Waals surface area contributed by atoms with Gasteiger partial charge in [0.1, 0.15) is 10.3 Å². The molecule has 2 rings (SSSR count). The smallest absolute Gasteiger partial charge is 0.335 e. The van der Waals surface area contributed by atoms with Crippen molar-refractivity contribution in [3.8, 4) is 0 Å². The minimum absolute atomic E-state index is 0.0337. The summed E-state index contributed by atoms with van der Waals surface area (Å²) in [6.07, 6.45) is 1.30. The Morgan fingerprint density at radius 1 is 1.50 bits per heavy atom. The van der Waals surface area contributed by atoms with Crippen molar-refractivity contribution in [1.82, 2.24) is 9.55 Å². The van der Waals surface area contributed by atoms with Gasteiger partial charge in [-0.05, 0) is 41.1 Å². The van der Waals surface area contributed by atoms with Gasteiger partial charge < -0.3 is 5.11 Å². The Morgan fingerprint density at radius 2 is 2.20 bits per heavy atom. The first-order valence-electron chi connectivity index (χ1n) is 5.63. The fraction of sp³-hybridized carbons (Fsp3) is 0.154. The number of benzene rings is 1. The van der Waals surface area contributed by atoms with E-state index in [0.717, 1.165) is 6.07 Å². The van der Waals surface area contributed by atoms with Gasteiger partial charge in [0.15, 0.2) is 0 Å². The molecule has 0 fully saturated rings. The summed E-state index contributed by atoms with van der Waals surface area (Å²) < 4.78 is 15.2. The van der Waals surface area contributed by atoms with Crippen LogP contribution in [0.1, 0.15) is 21.6 Å². The molecule has 0 spiro atoms. The highest BCUT2D eigenvalue weighted by molar-refractivity contribution is 9.10. The molecule has 0 aliphatic carbocycles. The van der Waals surface area contributed by atoms with E-state index >= 15 is 0 Å². The molecule has 0 radical (unpaired) electrons. The van der Waals surface area contributed by atoms with Gasteiger partial charge in [0.25, 0.3) is 5.56 Å². The van der Waals surface area contributed by atoms with Gasteiger partial charge in [0, 0.05) is 5.56 Å². The van der Waals surface area contributed by atoms with Gasteiger partial charge >= 0.3 is 5.97 Å². The zero-order valence-corrected chi connectivity index (χ0v) is 12.0. The maximum atomic E-state index is 13.7. The highest BCUT2D eigenvalue weighted by atomic mass is 79.9. The molecule has 2 aromatic rings. The number of aromatic nitrogens is 2. The van der Waals surface area contributed by atoms with E-state index in [1.807, 2.05) is 0 Å². The number of halogens is 2. The van der Waals surface area contributed by atoms with Gasteiger partial charge in [0.2, 0.25) is 0 Å². The van der Waals surface area contributed by atoms with Gasteiger partial charge in [-0.15, -0.1) is 0 Å². The third-order valence-electron chi connectivity index (χ3n) is 2.79. The molecule has 1 aromatic heterocycles. The molecule has 1 aromatic carbocycles. The summed E-state index contributed by atoms with van der Waals surface area (Å²) in [6, 6.07) is 3.45. The molecule has 0 amide bonds. The summed E-state index contributed by atoms with van der Waals surface area (Å²) in [7, 11) is 0. The second kappa shape index (κ2) is 5.54. The number of nitrogens with zero attached hydrogens (tertiary/aromatic N) is 2. The molecule has 0 saturated carbocycles. The van der Waals surface area contributed by atoms with Crippen LogP contribution in [0.15, 0.2) is 33.8 Å². The molecule has 5 nitrogen and oxygen atoms in total. The van der Waals surface area contributed by atoms with Crippen molar-refractivity contribution in [2.45, 2.75) is 13.5 Å². The quantitative estimate of drug-likeness (QED) is 0.929. The van der Waals surface area contributed by atoms with E-state index < -0.39 is 11.8 Å². The topological polar surface area (TPSA) is 72.2 Å². The van der Waals surface area contributed by atoms with Gasteiger partial charge in [-0.25, -0.2) is 14.2 Å². The normalized spacial score (nSPS) is 10.6. The molecule has 7 heteroatoms. The van der Waals surface area contributed by atoms with Crippen molar-refractivity contribution in [2.75, 3.05) is 0 Å². The fourth-order valence-corrected chi connectivity index (χ4v) is 2.00. The number of aryl methyl sites for hydroxylation is 1. The minimum atomic E-state index is -1.15. The molecule has 0 bridgehead atoms. The third-order valence-corrected chi connectivity index (χ3v) is 3.70. The van der Waals surface area contributed by atoms with Crippen LogP contribution in [-0.4, -0.2) is 20.6 Å². The molecule has 0 saturated heterocycles. The molecule has 20 heavy (non-hydrogen) atoms. The van der Waals surface area contributed by atoms with Crippen LogP contribution in [0.4, 0.5) is 4.39 Å². The number of carbonyl (C=O) groups is 1. The lowest BCUT2D eigenvalue weighted by molar-refractivity contribution is 0.0696. The second-order valence-electron chi connectivity index (χ2n) is 4.19. The molecular weight excluding hydrogens is 331 g/mol. The predicted molar refractivity (Wildman–Crippen MR) is 73.4 cm³/mol. The number of carboxylic acids is 1. The van der Waals surface area contributed by atoms with Crippen LogP contribution in [0, 0.1) is 12.7 Å². The zero-order chi connectivity index (χ0) is 14.9. The fourth-order valence-electron chi connectivity index (χ4n) is 1.67. The molecule has 0 unspecified atom stereocenters. The monoisotopic (exact) mass is 340 g/mol. The van der Waals surface area contributed by atoms with E-state index in [1.54, 1.807) is 6.92 Å². The Hall–Kier alpha value is -2.02. The maximum Gasteiger partial charge on any atom is 0.335 e. The Morgan fingerprint density at radius 3 is 2.85 bits per heavy atom. The van der Waals surface area contributed by atoms with Crippen molar-refractivity contribution < 1.29 is 14.3 Å². The lowest BCUT2D eigenvalue weighted by Gasteiger charge is -2.08. The first-order chi connectivity index (χ1) is 9.40. The van der Waals surface area contributed by atoms with Crippen LogP contribution in [-0.2, 0) is 6.54 Å². The average molecular weight is 341 g/mol. The standard InChI is InChI=1S/C13H10BrFN2O3/c1-7-11(14)12(18)17(6-16-7)5-9-4-8(13(19)20)2-3-10(9)15/h2-4,6H,5H2,1H3,(H,19,20). The van der Waals surface area contributed by atoms with Crippen molar-refractivity contribution in [3.05, 3.63) is 62.0 Å². The predicted octanol–water partition coefficient (Wildman–Crippen LogP) is 2.20. The van der Waals surface area contributed by atoms with Crippen LogP contribution in [0.3, 0.4) is 0 Å². The SMILES string of the molecule is Cc1ncn(Cc2cc(C(=O)O)ccc2F)c(=O)c1Br. The van der Waals surface area contributed by atoms with Crippen LogP contribution < -0.4 is 5.56 Å². The van der Waals surface area contributed by atoms with Crippen molar-refractivity contribution in [1.29, 1.82) is 0 Å². The number of carboxylic acid groups (broad SMARTS) is 1. The number of hydrogen-bond donors (Lipinski definition) is 1. The van der Waals surface area contributed by atoms with Gasteiger partial charge in [-0.1, -0.05) is 0 Å². The van der Waals surface area contributed by atoms with E-state index in [-0.39, 0.29) is 23.2 Å². The second-order valence-corrected chi connectivity index (χ2v) is 4.98. The van der Waals surface area contributed by atoms with Crippen molar-refractivity contribution in [2.24, 2.45) is 0 Å². The van der Waals surface area contributed by atoms with Crippen LogP contribution in [0.5, 0.6) is 0 Å². The summed E-state index contributed by atoms with van der Waals surface area (Å²) in [4.78, 5) is 26.8. The summed E-state index contributed by atoms with van der Waals surface area (Å²) in [5, 5.41) is 8.89. The number of aromatic carboxylic acids is 1. The highest BCUT2D eigenvalue weighted by Gasteiger charge is 2.11. The molecular formula is C13H10BrFN2O3. The Bertz CT molecular complexity index is 743. The van der Waals surface area contributed by atoms with E-state index in [9.17, 15) is 14.0 Å². The largest absolute Gasteiger partial charge is 0.478 e. The van der Waals surface area contributed by atoms with E-state index in [4.69, 9.17) is 5.11 Å². The summed E-state index contributed by atoms with van der Waals surface area (Å²) in [5.74, 6) is -1.72. The summed E-state index contributed by atoms with van der Waals surface area (Å²) >= 11 is 3.12. The average Bonchev–Trinajstić information content (AvgIpc) is 2.41. The van der Waals surface area contributed by atoms with Crippen molar-refractivity contribution >= 4 is 21.9 Å². The molecule has 0 aliphatic heterocycles. The lowest BCUT2D eigenvalue weighted by Crippen LogP contribution is -2.23. The third kappa shape index (κ3) is 2.77. The van der Waals surface area contributed by atoms with Crippen LogP contribution >= 0.6 is 15.9 Å². The van der Waals surface area contributed by atoms with Crippen LogP contribution in [0.2, 0.25) is 0 Å². The summed E-state index contributed by atoms with van der Waals surface area (Å²) in [5.41, 5.74) is 0.266. The van der Waals surface area contributed by atoms with E-state index in [0.29, 0.717) is 10.2 Å². The maximum absolute atomic E-state index is 13.7. The Balaban J connectivity index is 2.45. The molecule has 104 valence electrons. The van der Waals surface area contributed by atoms with Gasteiger partial charge in [-0.2, -0.15) is 0 Å². The summed E-state index contributed by atoms with van der Waals surface area (Å²) in [6.45, 7) is 1.58. The first-order valence-corrected chi connectivity index (χ1v) is 6.42. The molecule has 0 aliphatic rings. The van der Waals surface area contributed by atoms with Crippen LogP contribution in [0.25, 0.3) is 0 Å². The Labute approximate surface area is 121 Å². The van der Waals surface area contributed by atoms with E-state index in [1.165, 1.54) is 23.0 Å². The van der Waals surface area contributed by atoms with Gasteiger partial charge in [0.05, 0.1) is 24.1 Å². The van der Waals surface area contributed by atoms with Crippen molar-refractivity contribution in [3.63, 3.8) is 0 Å². The minimum Gasteiger partial charge on any atom is -0.478 e. The van der Waals surface area contributed by atoms with Gasteiger partial charge in [-0.3, -0.25) is 9.36 Å². The highest BCUT2D eigenvalue weighted by Crippen LogP contribution is 2.13. The van der Waals surface area contributed by atoms with E-state index in [2.05, 4.69) is 20.9 Å². The Kier molecular flexibility index (Phi) is 3.99. The molecule has 0 atom stereocenters.